The molecule has 0 saturated carbocycles. The Morgan fingerprint density at radius 2 is 1.48 bits per heavy atom. The number of halogens is 3. The third kappa shape index (κ3) is 4.01. The highest BCUT2D eigenvalue weighted by Gasteiger charge is 2.46. The maximum absolute atomic E-state index is 12.4. The van der Waals surface area contributed by atoms with E-state index < -0.39 is 27.1 Å². The minimum atomic E-state index is -5.61. The van der Waals surface area contributed by atoms with Crippen LogP contribution >= 0.6 is 0 Å². The first-order chi connectivity index (χ1) is 10.7. The first kappa shape index (κ1) is 16.8. The summed E-state index contributed by atoms with van der Waals surface area (Å²) in [5.74, 6) is -0.739. The Hall–Kier alpha value is -2.55. The predicted octanol–water partition coefficient (Wildman–Crippen LogP) is 3.20. The largest absolute Gasteiger partial charge is 0.516 e. The Balaban J connectivity index is 2.29. The normalized spacial score (nSPS) is 11.8. The van der Waals surface area contributed by atoms with E-state index in [4.69, 9.17) is 0 Å². The van der Waals surface area contributed by atoms with Crippen molar-refractivity contribution in [3.63, 3.8) is 0 Å². The zero-order valence-electron chi connectivity index (χ0n) is 11.5. The van der Waals surface area contributed by atoms with E-state index in [1.807, 2.05) is 0 Å². The Morgan fingerprint density at radius 3 is 2.09 bits per heavy atom. The molecule has 2 aromatic carbocycles. The summed E-state index contributed by atoms with van der Waals surface area (Å²) in [7, 11) is -5.61. The Morgan fingerprint density at radius 1 is 0.913 bits per heavy atom. The molecule has 9 heteroatoms. The lowest BCUT2D eigenvalue weighted by Crippen LogP contribution is -2.30. The van der Waals surface area contributed by atoms with Gasteiger partial charge in [-0.1, -0.05) is 30.3 Å². The summed E-state index contributed by atoms with van der Waals surface area (Å²) in [6, 6.07) is 13.2. The minimum absolute atomic E-state index is 0.232. The number of rotatable bonds is 4. The molecule has 0 aromatic heterocycles. The molecule has 0 aliphatic heterocycles. The van der Waals surface area contributed by atoms with Gasteiger partial charge < -0.3 is 5.32 Å². The summed E-state index contributed by atoms with van der Waals surface area (Å²) in [5.41, 5.74) is -5.75. The van der Waals surface area contributed by atoms with Gasteiger partial charge >= 0.3 is 15.5 Å². The quantitative estimate of drug-likeness (QED) is 0.894. The van der Waals surface area contributed by atoms with Gasteiger partial charge in [-0.2, -0.15) is 21.6 Å². The second-order valence-corrected chi connectivity index (χ2v) is 6.09. The van der Waals surface area contributed by atoms with E-state index in [0.29, 0.717) is 5.69 Å². The monoisotopic (exact) mass is 344 g/mol. The molecule has 2 rings (SSSR count). The molecule has 122 valence electrons. The molecule has 0 radical (unpaired) electrons. The zero-order valence-corrected chi connectivity index (χ0v) is 12.3. The predicted molar refractivity (Wildman–Crippen MR) is 79.4 cm³/mol. The van der Waals surface area contributed by atoms with Crippen molar-refractivity contribution in [2.24, 2.45) is 0 Å². The van der Waals surface area contributed by atoms with Gasteiger partial charge in [0.1, 0.15) is 0 Å². The van der Waals surface area contributed by atoms with E-state index in [2.05, 4.69) is 5.32 Å². The number of hydrogen-bond donors (Lipinski definition) is 2. The van der Waals surface area contributed by atoms with Crippen molar-refractivity contribution in [3.05, 3.63) is 60.2 Å². The number of para-hydroxylation sites is 2. The van der Waals surface area contributed by atoms with Gasteiger partial charge in [0, 0.05) is 5.69 Å². The molecule has 2 N–H and O–H groups in total. The highest BCUT2D eigenvalue weighted by molar-refractivity contribution is 7.93. The summed E-state index contributed by atoms with van der Waals surface area (Å²) in [6.45, 7) is 0. The third-order valence-corrected chi connectivity index (χ3v) is 3.85. The van der Waals surface area contributed by atoms with Crippen molar-refractivity contribution in [2.75, 3.05) is 10.0 Å². The van der Waals surface area contributed by atoms with Gasteiger partial charge in [0.05, 0.1) is 11.3 Å². The molecule has 0 saturated heterocycles. The number of hydrogen-bond acceptors (Lipinski definition) is 3. The number of anilines is 2. The highest BCUT2D eigenvalue weighted by atomic mass is 32.2. The van der Waals surface area contributed by atoms with Gasteiger partial charge in [0.15, 0.2) is 0 Å². The average Bonchev–Trinajstić information content (AvgIpc) is 2.47. The Labute approximate surface area is 130 Å². The van der Waals surface area contributed by atoms with Crippen LogP contribution in [-0.4, -0.2) is 19.8 Å². The molecule has 0 unspecified atom stereocenters. The molecule has 0 aliphatic carbocycles. The van der Waals surface area contributed by atoms with Crippen molar-refractivity contribution in [2.45, 2.75) is 5.51 Å². The van der Waals surface area contributed by atoms with Gasteiger partial charge in [-0.15, -0.1) is 0 Å². The summed E-state index contributed by atoms with van der Waals surface area (Å²) in [6.07, 6.45) is 0. The number of benzene rings is 2. The van der Waals surface area contributed by atoms with Crippen LogP contribution in [0.2, 0.25) is 0 Å². The summed E-state index contributed by atoms with van der Waals surface area (Å²) < 4.78 is 61.1. The van der Waals surface area contributed by atoms with Gasteiger partial charge in [0.25, 0.3) is 5.91 Å². The lowest BCUT2D eigenvalue weighted by atomic mass is 10.1. The van der Waals surface area contributed by atoms with Gasteiger partial charge in [-0.05, 0) is 24.3 Å². The molecule has 1 amide bonds. The van der Waals surface area contributed by atoms with Crippen LogP contribution in [0.5, 0.6) is 0 Å². The smallest absolute Gasteiger partial charge is 0.322 e. The summed E-state index contributed by atoms with van der Waals surface area (Å²) >= 11 is 0. The van der Waals surface area contributed by atoms with Crippen LogP contribution < -0.4 is 10.0 Å². The second kappa shape index (κ2) is 6.29. The first-order valence-corrected chi connectivity index (χ1v) is 7.73. The van der Waals surface area contributed by atoms with E-state index in [1.165, 1.54) is 22.9 Å². The molecule has 0 bridgehead atoms. The van der Waals surface area contributed by atoms with Crippen molar-refractivity contribution in [3.8, 4) is 0 Å². The minimum Gasteiger partial charge on any atom is -0.322 e. The van der Waals surface area contributed by atoms with E-state index in [9.17, 15) is 26.4 Å². The molecular weight excluding hydrogens is 333 g/mol. The molecular formula is C14H11F3N2O3S. The summed E-state index contributed by atoms with van der Waals surface area (Å²) in [4.78, 5) is 12.1. The van der Waals surface area contributed by atoms with Crippen molar-refractivity contribution in [1.82, 2.24) is 0 Å². The topological polar surface area (TPSA) is 75.3 Å². The lowest BCUT2D eigenvalue weighted by molar-refractivity contribution is -0.0429. The first-order valence-electron chi connectivity index (χ1n) is 6.25. The standard InChI is InChI=1S/C14H11F3N2O3S/c15-14(16,17)23(21,22)19-12-9-5-4-8-11(12)13(20)18-10-6-2-1-3-7-10/h1-9,19H,(H,18,20). The summed E-state index contributed by atoms with van der Waals surface area (Å²) in [5, 5.41) is 2.47. The second-order valence-electron chi connectivity index (χ2n) is 4.42. The highest BCUT2D eigenvalue weighted by Crippen LogP contribution is 2.27. The maximum Gasteiger partial charge on any atom is 0.516 e. The van der Waals surface area contributed by atoms with Crippen molar-refractivity contribution < 1.29 is 26.4 Å². The van der Waals surface area contributed by atoms with Crippen LogP contribution in [0.15, 0.2) is 54.6 Å². The molecule has 23 heavy (non-hydrogen) atoms. The third-order valence-electron chi connectivity index (χ3n) is 2.75. The van der Waals surface area contributed by atoms with Crippen LogP contribution in [0.3, 0.4) is 0 Å². The molecule has 0 heterocycles. The van der Waals surface area contributed by atoms with Crippen molar-refractivity contribution in [1.29, 1.82) is 0 Å². The van der Waals surface area contributed by atoms with Gasteiger partial charge in [-0.3, -0.25) is 9.52 Å². The van der Waals surface area contributed by atoms with Crippen LogP contribution in [0.4, 0.5) is 24.5 Å². The number of nitrogens with one attached hydrogen (secondary N) is 2. The average molecular weight is 344 g/mol. The fourth-order valence-electron chi connectivity index (χ4n) is 1.69. The fourth-order valence-corrected chi connectivity index (χ4v) is 2.28. The molecule has 0 aliphatic rings. The molecule has 0 spiro atoms. The van der Waals surface area contributed by atoms with Crippen LogP contribution in [-0.2, 0) is 10.0 Å². The SMILES string of the molecule is O=C(Nc1ccccc1)c1ccccc1NS(=O)(=O)C(F)(F)F. The lowest BCUT2D eigenvalue weighted by Gasteiger charge is -2.14. The van der Waals surface area contributed by atoms with E-state index in [0.717, 1.165) is 6.07 Å². The van der Waals surface area contributed by atoms with Crippen LogP contribution in [0.25, 0.3) is 0 Å². The molecule has 2 aromatic rings. The van der Waals surface area contributed by atoms with E-state index >= 15 is 0 Å². The number of amides is 1. The Kier molecular flexibility index (Phi) is 4.60. The van der Waals surface area contributed by atoms with Crippen LogP contribution in [0.1, 0.15) is 10.4 Å². The fraction of sp³-hybridized carbons (Fsp3) is 0.0714. The van der Waals surface area contributed by atoms with E-state index in [-0.39, 0.29) is 5.56 Å². The van der Waals surface area contributed by atoms with Gasteiger partial charge in [-0.25, -0.2) is 0 Å². The molecule has 5 nitrogen and oxygen atoms in total. The maximum atomic E-state index is 12.4. The number of carbonyl (C=O) groups is 1. The molecule has 0 atom stereocenters. The van der Waals surface area contributed by atoms with Gasteiger partial charge in [0.2, 0.25) is 0 Å². The zero-order chi connectivity index (χ0) is 17.1. The number of alkyl halides is 3. The number of sulfonamides is 1. The molecule has 0 fully saturated rings. The van der Waals surface area contributed by atoms with Crippen LogP contribution in [0, 0.1) is 0 Å². The number of carbonyl (C=O) groups excluding carboxylic acids is 1. The van der Waals surface area contributed by atoms with Crippen molar-refractivity contribution >= 4 is 27.3 Å². The Bertz CT molecular complexity index is 806. The van der Waals surface area contributed by atoms with E-state index in [1.54, 1.807) is 30.3 Å².